The highest BCUT2D eigenvalue weighted by Gasteiger charge is 2.33. The number of hydrogen-bond donors (Lipinski definition) is 2. The van der Waals surface area contributed by atoms with E-state index < -0.39 is 0 Å². The van der Waals surface area contributed by atoms with Crippen LogP contribution in [0, 0.1) is 5.92 Å². The van der Waals surface area contributed by atoms with Crippen LogP contribution in [-0.4, -0.2) is 5.11 Å². The van der Waals surface area contributed by atoms with Gasteiger partial charge in [-0.3, -0.25) is 0 Å². The first-order chi connectivity index (χ1) is 9.74. The van der Waals surface area contributed by atoms with Gasteiger partial charge in [0.1, 0.15) is 5.75 Å². The van der Waals surface area contributed by atoms with E-state index in [1.807, 2.05) is 12.1 Å². The number of phenols is 1. The Morgan fingerprint density at radius 1 is 1.00 bits per heavy atom. The van der Waals surface area contributed by atoms with Gasteiger partial charge in [0.05, 0.1) is 0 Å². The van der Waals surface area contributed by atoms with Crippen molar-refractivity contribution in [1.82, 2.24) is 5.32 Å². The van der Waals surface area contributed by atoms with Crippen LogP contribution in [0.15, 0.2) is 54.6 Å². The normalized spacial score (nSPS) is 17.6. The van der Waals surface area contributed by atoms with Crippen molar-refractivity contribution in [1.29, 1.82) is 0 Å². The van der Waals surface area contributed by atoms with Gasteiger partial charge in [0.25, 0.3) is 0 Å². The van der Waals surface area contributed by atoms with Crippen LogP contribution in [0.1, 0.15) is 43.0 Å². The lowest BCUT2D eigenvalue weighted by Crippen LogP contribution is -2.26. The summed E-state index contributed by atoms with van der Waals surface area (Å²) in [5.41, 5.74) is 2.49. The predicted octanol–water partition coefficient (Wildman–Crippen LogP) is 4.19. The lowest BCUT2D eigenvalue weighted by Gasteiger charge is -2.24. The summed E-state index contributed by atoms with van der Waals surface area (Å²) in [6.07, 6.45) is 2.61. The minimum atomic E-state index is 0.230. The van der Waals surface area contributed by atoms with Crippen molar-refractivity contribution in [2.24, 2.45) is 5.92 Å². The fraction of sp³-hybridized carbons (Fsp3) is 0.333. The van der Waals surface area contributed by atoms with Crippen LogP contribution in [0.4, 0.5) is 0 Å². The Morgan fingerprint density at radius 3 is 2.35 bits per heavy atom. The Labute approximate surface area is 120 Å². The molecule has 0 bridgehead atoms. The van der Waals surface area contributed by atoms with Crippen LogP contribution in [-0.2, 0) is 0 Å². The Hall–Kier alpha value is -1.80. The molecule has 20 heavy (non-hydrogen) atoms. The van der Waals surface area contributed by atoms with Gasteiger partial charge in [-0.25, -0.2) is 0 Å². The monoisotopic (exact) mass is 267 g/mol. The van der Waals surface area contributed by atoms with Gasteiger partial charge in [-0.1, -0.05) is 42.5 Å². The second-order valence-electron chi connectivity index (χ2n) is 5.71. The van der Waals surface area contributed by atoms with E-state index in [-0.39, 0.29) is 6.04 Å². The molecule has 0 aliphatic heterocycles. The number of aromatic hydroxyl groups is 1. The summed E-state index contributed by atoms with van der Waals surface area (Å²) in [6.45, 7) is 2.16. The van der Waals surface area contributed by atoms with Gasteiger partial charge >= 0.3 is 0 Å². The molecule has 2 atom stereocenters. The van der Waals surface area contributed by atoms with Gasteiger partial charge in [-0.05, 0) is 48.9 Å². The van der Waals surface area contributed by atoms with E-state index in [0.717, 1.165) is 11.5 Å². The number of benzene rings is 2. The molecular weight excluding hydrogens is 246 g/mol. The summed E-state index contributed by atoms with van der Waals surface area (Å²) in [4.78, 5) is 0. The molecule has 104 valence electrons. The van der Waals surface area contributed by atoms with E-state index in [1.54, 1.807) is 6.07 Å². The van der Waals surface area contributed by atoms with Gasteiger partial charge in [0, 0.05) is 12.1 Å². The smallest absolute Gasteiger partial charge is 0.115 e. The highest BCUT2D eigenvalue weighted by molar-refractivity contribution is 5.30. The Kier molecular flexibility index (Phi) is 3.75. The molecule has 1 aliphatic carbocycles. The maximum Gasteiger partial charge on any atom is 0.115 e. The Morgan fingerprint density at radius 2 is 1.70 bits per heavy atom. The molecule has 3 rings (SSSR count). The van der Waals surface area contributed by atoms with Gasteiger partial charge in [-0.2, -0.15) is 0 Å². The zero-order chi connectivity index (χ0) is 13.9. The minimum Gasteiger partial charge on any atom is -0.508 e. The zero-order valence-electron chi connectivity index (χ0n) is 11.8. The fourth-order valence-corrected chi connectivity index (χ4v) is 2.75. The first-order valence-corrected chi connectivity index (χ1v) is 7.34. The standard InChI is InChI=1S/C18H21NO/c1-13(16-8-5-9-17(20)12-16)19-18(15-10-11-15)14-6-3-2-4-7-14/h2-9,12-13,15,18-20H,10-11H2,1H3. The van der Waals surface area contributed by atoms with Crippen LogP contribution in [0.5, 0.6) is 5.75 Å². The van der Waals surface area contributed by atoms with Crippen LogP contribution in [0.25, 0.3) is 0 Å². The van der Waals surface area contributed by atoms with E-state index in [9.17, 15) is 5.11 Å². The lowest BCUT2D eigenvalue weighted by molar-refractivity contribution is 0.424. The molecule has 0 radical (unpaired) electrons. The SMILES string of the molecule is CC(NC(c1ccccc1)C1CC1)c1cccc(O)c1. The summed E-state index contributed by atoms with van der Waals surface area (Å²) < 4.78 is 0. The number of phenolic OH excluding ortho intramolecular Hbond substituents is 1. The van der Waals surface area contributed by atoms with Crippen molar-refractivity contribution >= 4 is 0 Å². The van der Waals surface area contributed by atoms with Gasteiger partial charge < -0.3 is 10.4 Å². The molecule has 0 heterocycles. The van der Waals surface area contributed by atoms with Crippen molar-refractivity contribution in [2.45, 2.75) is 31.8 Å². The highest BCUT2D eigenvalue weighted by atomic mass is 16.3. The van der Waals surface area contributed by atoms with E-state index >= 15 is 0 Å². The average Bonchev–Trinajstić information content (AvgIpc) is 3.30. The van der Waals surface area contributed by atoms with Crippen LogP contribution < -0.4 is 5.32 Å². The van der Waals surface area contributed by atoms with Crippen molar-refractivity contribution in [2.75, 3.05) is 0 Å². The van der Waals surface area contributed by atoms with Crippen molar-refractivity contribution < 1.29 is 5.11 Å². The maximum absolute atomic E-state index is 9.61. The molecule has 2 unspecified atom stereocenters. The highest BCUT2D eigenvalue weighted by Crippen LogP contribution is 2.42. The Bertz CT molecular complexity index is 563. The van der Waals surface area contributed by atoms with E-state index in [1.165, 1.54) is 18.4 Å². The van der Waals surface area contributed by atoms with Crippen molar-refractivity contribution in [3.05, 3.63) is 65.7 Å². The largest absolute Gasteiger partial charge is 0.508 e. The molecular formula is C18H21NO. The number of nitrogens with one attached hydrogen (secondary N) is 1. The molecule has 2 aromatic rings. The predicted molar refractivity (Wildman–Crippen MR) is 81.6 cm³/mol. The lowest BCUT2D eigenvalue weighted by atomic mass is 9.99. The van der Waals surface area contributed by atoms with Gasteiger partial charge in [-0.15, -0.1) is 0 Å². The van der Waals surface area contributed by atoms with Crippen LogP contribution in [0.3, 0.4) is 0 Å². The topological polar surface area (TPSA) is 32.3 Å². The summed E-state index contributed by atoms with van der Waals surface area (Å²) in [7, 11) is 0. The molecule has 1 fully saturated rings. The van der Waals surface area contributed by atoms with Crippen LogP contribution in [0.2, 0.25) is 0 Å². The summed E-state index contributed by atoms with van der Waals surface area (Å²) >= 11 is 0. The Balaban J connectivity index is 1.77. The summed E-state index contributed by atoms with van der Waals surface area (Å²) in [5, 5.41) is 13.3. The molecule has 0 aromatic heterocycles. The van der Waals surface area contributed by atoms with E-state index in [2.05, 4.69) is 48.6 Å². The molecule has 2 nitrogen and oxygen atoms in total. The van der Waals surface area contributed by atoms with E-state index in [4.69, 9.17) is 0 Å². The molecule has 1 saturated carbocycles. The van der Waals surface area contributed by atoms with Crippen LogP contribution >= 0.6 is 0 Å². The molecule has 2 aromatic carbocycles. The summed E-state index contributed by atoms with van der Waals surface area (Å²) in [5.74, 6) is 1.08. The van der Waals surface area contributed by atoms with Crippen molar-refractivity contribution in [3.8, 4) is 5.75 Å². The first-order valence-electron chi connectivity index (χ1n) is 7.34. The number of rotatable bonds is 5. The maximum atomic E-state index is 9.61. The molecule has 0 amide bonds. The second kappa shape index (κ2) is 5.68. The third kappa shape index (κ3) is 3.02. The van der Waals surface area contributed by atoms with E-state index in [0.29, 0.717) is 11.8 Å². The van der Waals surface area contributed by atoms with Gasteiger partial charge in [0.15, 0.2) is 0 Å². The second-order valence-corrected chi connectivity index (χ2v) is 5.71. The minimum absolute atomic E-state index is 0.230. The third-order valence-corrected chi connectivity index (χ3v) is 4.05. The number of hydrogen-bond acceptors (Lipinski definition) is 2. The third-order valence-electron chi connectivity index (χ3n) is 4.05. The molecule has 1 aliphatic rings. The molecule has 2 heteroatoms. The fourth-order valence-electron chi connectivity index (χ4n) is 2.75. The van der Waals surface area contributed by atoms with Crippen molar-refractivity contribution in [3.63, 3.8) is 0 Å². The van der Waals surface area contributed by atoms with Gasteiger partial charge in [0.2, 0.25) is 0 Å². The first kappa shape index (κ1) is 13.2. The zero-order valence-corrected chi connectivity index (χ0v) is 11.8. The quantitative estimate of drug-likeness (QED) is 0.851. The molecule has 2 N–H and O–H groups in total. The molecule has 0 saturated heterocycles. The molecule has 0 spiro atoms. The average molecular weight is 267 g/mol. The summed E-state index contributed by atoms with van der Waals surface area (Å²) in [6, 6.07) is 18.8.